The first kappa shape index (κ1) is 18.5. The van der Waals surface area contributed by atoms with E-state index in [0.717, 1.165) is 9.13 Å². The van der Waals surface area contributed by atoms with Gasteiger partial charge >= 0.3 is 0 Å². The van der Waals surface area contributed by atoms with Crippen molar-refractivity contribution in [1.29, 1.82) is 0 Å². The van der Waals surface area contributed by atoms with Gasteiger partial charge in [0.15, 0.2) is 11.5 Å². The van der Waals surface area contributed by atoms with Crippen LogP contribution in [0.25, 0.3) is 6.08 Å². The summed E-state index contributed by atoms with van der Waals surface area (Å²) in [5.41, 5.74) is 6.51. The van der Waals surface area contributed by atoms with Crippen molar-refractivity contribution >= 4 is 46.2 Å². The highest BCUT2D eigenvalue weighted by Crippen LogP contribution is 2.35. The molecule has 2 N–H and O–H groups in total. The van der Waals surface area contributed by atoms with E-state index in [9.17, 15) is 9.18 Å². The van der Waals surface area contributed by atoms with Gasteiger partial charge < -0.3 is 15.2 Å². The first-order valence-corrected chi connectivity index (χ1v) is 8.28. The Morgan fingerprint density at radius 2 is 2.12 bits per heavy atom. The Balaban J connectivity index is 2.24. The van der Waals surface area contributed by atoms with E-state index in [1.165, 1.54) is 25.3 Å². The topological polar surface area (TPSA) is 61.5 Å². The summed E-state index contributed by atoms with van der Waals surface area (Å²) < 4.78 is 25.0. The number of nitrogens with two attached hydrogens (primary N) is 1. The van der Waals surface area contributed by atoms with Crippen molar-refractivity contribution in [3.8, 4) is 11.5 Å². The maximum atomic E-state index is 13.1. The van der Waals surface area contributed by atoms with Crippen LogP contribution in [0, 0.1) is 9.39 Å². The predicted octanol–water partition coefficient (Wildman–Crippen LogP) is 4.17. The van der Waals surface area contributed by atoms with Gasteiger partial charge in [0.05, 0.1) is 15.7 Å². The molecule has 0 aliphatic carbocycles. The molecule has 0 spiro atoms. The summed E-state index contributed by atoms with van der Waals surface area (Å²) in [5, 5.41) is 0.296. The molecule has 0 saturated heterocycles. The molecule has 0 bridgehead atoms. The number of ether oxygens (including phenoxy) is 2. The van der Waals surface area contributed by atoms with Gasteiger partial charge in [-0.05, 0) is 58.5 Å². The van der Waals surface area contributed by atoms with Crippen molar-refractivity contribution < 1.29 is 18.7 Å². The van der Waals surface area contributed by atoms with Gasteiger partial charge in [-0.2, -0.15) is 0 Å². The molecule has 0 unspecified atom stereocenters. The monoisotopic (exact) mass is 461 g/mol. The Bertz CT molecular complexity index is 796. The summed E-state index contributed by atoms with van der Waals surface area (Å²) in [6.45, 7) is 0.169. The third kappa shape index (κ3) is 4.85. The van der Waals surface area contributed by atoms with Gasteiger partial charge in [-0.3, -0.25) is 4.79 Å². The molecule has 2 rings (SSSR count). The quantitative estimate of drug-likeness (QED) is 0.519. The van der Waals surface area contributed by atoms with E-state index < -0.39 is 11.7 Å². The third-order valence-electron chi connectivity index (χ3n) is 3.08. The van der Waals surface area contributed by atoms with Crippen LogP contribution >= 0.6 is 34.2 Å². The zero-order chi connectivity index (χ0) is 17.7. The molecule has 1 amide bonds. The number of rotatable bonds is 6. The fourth-order valence-electron chi connectivity index (χ4n) is 1.94. The lowest BCUT2D eigenvalue weighted by Gasteiger charge is -2.14. The van der Waals surface area contributed by atoms with Crippen LogP contribution in [0.4, 0.5) is 4.39 Å². The molecule has 0 saturated carbocycles. The smallest absolute Gasteiger partial charge is 0.241 e. The average Bonchev–Trinajstić information content (AvgIpc) is 2.52. The second-order valence-electron chi connectivity index (χ2n) is 4.79. The fraction of sp³-hybridized carbons (Fsp3) is 0.118. The van der Waals surface area contributed by atoms with Crippen LogP contribution in [0.15, 0.2) is 36.4 Å². The van der Waals surface area contributed by atoms with E-state index in [-0.39, 0.29) is 6.61 Å². The molecule has 0 atom stereocenters. The summed E-state index contributed by atoms with van der Waals surface area (Å²) in [6.07, 6.45) is 2.86. The highest BCUT2D eigenvalue weighted by atomic mass is 127. The first-order chi connectivity index (χ1) is 11.4. The minimum Gasteiger partial charge on any atom is -0.493 e. The van der Waals surface area contributed by atoms with Crippen molar-refractivity contribution in [3.05, 3.63) is 61.9 Å². The molecular formula is C17H14ClFINO3. The van der Waals surface area contributed by atoms with Crippen LogP contribution in [-0.4, -0.2) is 13.0 Å². The predicted molar refractivity (Wildman–Crippen MR) is 99.7 cm³/mol. The zero-order valence-electron chi connectivity index (χ0n) is 12.7. The second kappa shape index (κ2) is 8.34. The number of primary amides is 1. The lowest BCUT2D eigenvalue weighted by Crippen LogP contribution is -2.05. The van der Waals surface area contributed by atoms with Crippen molar-refractivity contribution in [2.45, 2.75) is 6.61 Å². The fourth-order valence-corrected chi connectivity index (χ4v) is 2.95. The lowest BCUT2D eigenvalue weighted by molar-refractivity contribution is -0.113. The van der Waals surface area contributed by atoms with E-state index in [2.05, 4.69) is 22.6 Å². The third-order valence-corrected chi connectivity index (χ3v) is 4.23. The SMILES string of the molecule is COc1cc(/C=C/C(N)=O)cc(I)c1OCc1ccc(F)cc1Cl. The molecule has 0 aliphatic rings. The summed E-state index contributed by atoms with van der Waals surface area (Å²) in [6, 6.07) is 7.68. The summed E-state index contributed by atoms with van der Waals surface area (Å²) in [4.78, 5) is 10.8. The van der Waals surface area contributed by atoms with Crippen LogP contribution in [0.1, 0.15) is 11.1 Å². The number of amides is 1. The van der Waals surface area contributed by atoms with Gasteiger partial charge in [-0.15, -0.1) is 0 Å². The van der Waals surface area contributed by atoms with Gasteiger partial charge in [0, 0.05) is 11.6 Å². The minimum absolute atomic E-state index is 0.169. The molecule has 126 valence electrons. The number of hydrogen-bond acceptors (Lipinski definition) is 3. The summed E-state index contributed by atoms with van der Waals surface area (Å²) in [5.74, 6) is 0.107. The van der Waals surface area contributed by atoms with Crippen LogP contribution in [-0.2, 0) is 11.4 Å². The van der Waals surface area contributed by atoms with Crippen molar-refractivity contribution in [2.24, 2.45) is 5.73 Å². The van der Waals surface area contributed by atoms with Crippen LogP contribution in [0.2, 0.25) is 5.02 Å². The summed E-state index contributed by atoms with van der Waals surface area (Å²) >= 11 is 8.10. The Morgan fingerprint density at radius 1 is 1.38 bits per heavy atom. The number of halogens is 3. The highest BCUT2D eigenvalue weighted by molar-refractivity contribution is 14.1. The van der Waals surface area contributed by atoms with E-state index >= 15 is 0 Å². The Labute approximate surface area is 157 Å². The normalized spacial score (nSPS) is 10.8. The molecule has 0 aliphatic heterocycles. The largest absolute Gasteiger partial charge is 0.493 e. The van der Waals surface area contributed by atoms with Crippen molar-refractivity contribution in [2.75, 3.05) is 7.11 Å². The first-order valence-electron chi connectivity index (χ1n) is 6.82. The molecule has 0 heterocycles. The standard InChI is InChI=1S/C17H14ClFINO3/c1-23-15-7-10(2-5-16(21)22)6-14(20)17(15)24-9-11-3-4-12(19)8-13(11)18/h2-8H,9H2,1H3,(H2,21,22)/b5-2+. The molecule has 0 radical (unpaired) electrons. The van der Waals surface area contributed by atoms with Gasteiger partial charge in [0.1, 0.15) is 12.4 Å². The van der Waals surface area contributed by atoms with E-state index in [4.69, 9.17) is 26.8 Å². The van der Waals surface area contributed by atoms with Gasteiger partial charge in [0.2, 0.25) is 5.91 Å². The molecule has 7 heteroatoms. The molecule has 0 aromatic heterocycles. The number of methoxy groups -OCH3 is 1. The van der Waals surface area contributed by atoms with E-state index in [1.54, 1.807) is 18.2 Å². The number of benzene rings is 2. The Morgan fingerprint density at radius 3 is 2.75 bits per heavy atom. The summed E-state index contributed by atoms with van der Waals surface area (Å²) in [7, 11) is 1.52. The molecule has 4 nitrogen and oxygen atoms in total. The van der Waals surface area contributed by atoms with Crippen LogP contribution in [0.5, 0.6) is 11.5 Å². The average molecular weight is 462 g/mol. The van der Waals surface area contributed by atoms with Gasteiger partial charge in [-0.25, -0.2) is 4.39 Å². The molecule has 0 fully saturated rings. The second-order valence-corrected chi connectivity index (χ2v) is 6.36. The highest BCUT2D eigenvalue weighted by Gasteiger charge is 2.12. The maximum Gasteiger partial charge on any atom is 0.241 e. The maximum absolute atomic E-state index is 13.1. The van der Waals surface area contributed by atoms with Crippen LogP contribution < -0.4 is 15.2 Å². The Kier molecular flexibility index (Phi) is 6.44. The van der Waals surface area contributed by atoms with E-state index in [1.807, 2.05) is 6.07 Å². The minimum atomic E-state index is -0.532. The molecular weight excluding hydrogens is 448 g/mol. The van der Waals surface area contributed by atoms with E-state index in [0.29, 0.717) is 22.1 Å². The molecule has 24 heavy (non-hydrogen) atoms. The number of carbonyl (C=O) groups is 1. The molecule has 2 aromatic carbocycles. The van der Waals surface area contributed by atoms with Gasteiger partial charge in [-0.1, -0.05) is 17.7 Å². The van der Waals surface area contributed by atoms with Crippen LogP contribution in [0.3, 0.4) is 0 Å². The number of hydrogen-bond donors (Lipinski definition) is 1. The lowest BCUT2D eigenvalue weighted by atomic mass is 10.2. The van der Waals surface area contributed by atoms with Crippen molar-refractivity contribution in [3.63, 3.8) is 0 Å². The van der Waals surface area contributed by atoms with Gasteiger partial charge in [0.25, 0.3) is 0 Å². The van der Waals surface area contributed by atoms with Crippen molar-refractivity contribution in [1.82, 2.24) is 0 Å². The molecule has 2 aromatic rings. The number of carbonyl (C=O) groups excluding carboxylic acids is 1. The zero-order valence-corrected chi connectivity index (χ0v) is 15.6. The Hall–Kier alpha value is -1.80.